The molecule has 30 heavy (non-hydrogen) atoms. The van der Waals surface area contributed by atoms with Crippen LogP contribution in [0.5, 0.6) is 5.75 Å². The van der Waals surface area contributed by atoms with E-state index in [2.05, 4.69) is 0 Å². The lowest BCUT2D eigenvalue weighted by Gasteiger charge is -2.28. The highest BCUT2D eigenvalue weighted by molar-refractivity contribution is 6.23. The number of amides is 2. The van der Waals surface area contributed by atoms with Gasteiger partial charge >= 0.3 is 0 Å². The van der Waals surface area contributed by atoms with Crippen LogP contribution in [-0.4, -0.2) is 25.0 Å². The fourth-order valence-electron chi connectivity index (χ4n) is 4.19. The van der Waals surface area contributed by atoms with Crippen molar-refractivity contribution in [2.24, 2.45) is 5.92 Å². The molecule has 2 fully saturated rings. The normalized spacial score (nSPS) is 23.0. The van der Waals surface area contributed by atoms with Gasteiger partial charge < -0.3 is 4.74 Å². The van der Waals surface area contributed by atoms with E-state index in [-0.39, 0.29) is 11.8 Å². The van der Waals surface area contributed by atoms with Crippen molar-refractivity contribution in [3.63, 3.8) is 0 Å². The number of nitrogens with zero attached hydrogens (tertiary/aromatic N) is 2. The highest BCUT2D eigenvalue weighted by Gasteiger charge is 2.60. The molecule has 0 aromatic heterocycles. The van der Waals surface area contributed by atoms with E-state index in [0.717, 1.165) is 11.3 Å². The molecule has 3 atom stereocenters. The SMILES string of the molecule is COc1ccc(N2C(=O)[C@@H]3[C@@H](c4ccccc4)N(c4ccccc4)O[C@H]3C2=O)cc1. The van der Waals surface area contributed by atoms with Crippen molar-refractivity contribution in [2.75, 3.05) is 17.1 Å². The van der Waals surface area contributed by atoms with Gasteiger partial charge in [-0.1, -0.05) is 48.5 Å². The fraction of sp³-hybridized carbons (Fsp3) is 0.167. The maximum absolute atomic E-state index is 13.5. The molecule has 0 N–H and O–H groups in total. The number of fused-ring (bicyclic) bond motifs is 1. The molecule has 2 heterocycles. The maximum atomic E-state index is 13.5. The Morgan fingerprint density at radius 2 is 1.40 bits per heavy atom. The third-order valence-electron chi connectivity index (χ3n) is 5.60. The van der Waals surface area contributed by atoms with Gasteiger partial charge in [-0.2, -0.15) is 0 Å². The molecular weight excluding hydrogens is 380 g/mol. The third kappa shape index (κ3) is 2.84. The first-order valence-electron chi connectivity index (χ1n) is 9.77. The molecule has 3 aromatic rings. The summed E-state index contributed by atoms with van der Waals surface area (Å²) >= 11 is 0. The standard InChI is InChI=1S/C24H20N2O4/c1-29-19-14-12-17(13-15-19)25-23(27)20-21(16-8-4-2-5-9-16)26(30-22(20)24(25)28)18-10-6-3-7-11-18/h2-15,20-22H,1H3/t20-,21-,22-/m1/s1. The molecule has 0 saturated carbocycles. The van der Waals surface area contributed by atoms with Crippen LogP contribution >= 0.6 is 0 Å². The zero-order valence-electron chi connectivity index (χ0n) is 16.3. The second-order valence-electron chi connectivity index (χ2n) is 7.28. The number of methoxy groups -OCH3 is 1. The quantitative estimate of drug-likeness (QED) is 0.625. The zero-order valence-corrected chi connectivity index (χ0v) is 16.3. The van der Waals surface area contributed by atoms with E-state index in [4.69, 9.17) is 9.57 Å². The molecule has 0 unspecified atom stereocenters. The number of ether oxygens (including phenoxy) is 1. The van der Waals surface area contributed by atoms with E-state index in [1.165, 1.54) is 4.90 Å². The van der Waals surface area contributed by atoms with Crippen LogP contribution in [0.1, 0.15) is 11.6 Å². The summed E-state index contributed by atoms with van der Waals surface area (Å²) in [4.78, 5) is 34.1. The van der Waals surface area contributed by atoms with E-state index in [0.29, 0.717) is 11.4 Å². The minimum absolute atomic E-state index is 0.262. The van der Waals surface area contributed by atoms with Crippen LogP contribution in [0.25, 0.3) is 0 Å². The molecule has 0 radical (unpaired) electrons. The molecule has 6 nitrogen and oxygen atoms in total. The summed E-state index contributed by atoms with van der Waals surface area (Å²) in [7, 11) is 1.57. The average Bonchev–Trinajstić information content (AvgIpc) is 3.31. The second kappa shape index (κ2) is 7.31. The summed E-state index contributed by atoms with van der Waals surface area (Å²) in [6.07, 6.45) is -0.870. The lowest BCUT2D eigenvalue weighted by Crippen LogP contribution is -2.37. The number of hydroxylamine groups is 1. The predicted molar refractivity (Wildman–Crippen MR) is 112 cm³/mol. The van der Waals surface area contributed by atoms with Gasteiger partial charge in [-0.05, 0) is 42.0 Å². The molecule has 150 valence electrons. The van der Waals surface area contributed by atoms with Gasteiger partial charge in [0.15, 0.2) is 6.10 Å². The monoisotopic (exact) mass is 400 g/mol. The number of para-hydroxylation sites is 1. The Morgan fingerprint density at radius 3 is 2.03 bits per heavy atom. The van der Waals surface area contributed by atoms with Crippen LogP contribution in [-0.2, 0) is 14.4 Å². The van der Waals surface area contributed by atoms with Crippen molar-refractivity contribution in [1.82, 2.24) is 0 Å². The van der Waals surface area contributed by atoms with Crippen LogP contribution in [0, 0.1) is 5.92 Å². The Bertz CT molecular complexity index is 1070. The van der Waals surface area contributed by atoms with Gasteiger partial charge in [-0.25, -0.2) is 9.96 Å². The van der Waals surface area contributed by atoms with Crippen LogP contribution in [0.15, 0.2) is 84.9 Å². The van der Waals surface area contributed by atoms with Crippen LogP contribution in [0.3, 0.4) is 0 Å². The van der Waals surface area contributed by atoms with E-state index in [9.17, 15) is 9.59 Å². The minimum atomic E-state index is -0.870. The molecule has 0 bridgehead atoms. The Hall–Kier alpha value is -3.64. The highest BCUT2D eigenvalue weighted by Crippen LogP contribution is 2.47. The van der Waals surface area contributed by atoms with Crippen LogP contribution in [0.2, 0.25) is 0 Å². The number of benzene rings is 3. The van der Waals surface area contributed by atoms with E-state index in [1.807, 2.05) is 60.7 Å². The molecule has 3 aromatic carbocycles. The Kier molecular flexibility index (Phi) is 4.48. The van der Waals surface area contributed by atoms with Crippen molar-refractivity contribution in [3.8, 4) is 5.75 Å². The lowest BCUT2D eigenvalue weighted by atomic mass is 9.90. The Morgan fingerprint density at radius 1 is 0.767 bits per heavy atom. The number of imide groups is 1. The van der Waals surface area contributed by atoms with Gasteiger partial charge in [-0.15, -0.1) is 0 Å². The second-order valence-corrected chi connectivity index (χ2v) is 7.28. The summed E-state index contributed by atoms with van der Waals surface area (Å²) < 4.78 is 5.18. The summed E-state index contributed by atoms with van der Waals surface area (Å²) in [6, 6.07) is 25.7. The topological polar surface area (TPSA) is 59.1 Å². The molecular formula is C24H20N2O4. The molecule has 2 amide bonds. The smallest absolute Gasteiger partial charge is 0.266 e. The molecule has 2 aliphatic heterocycles. The first-order valence-corrected chi connectivity index (χ1v) is 9.77. The van der Waals surface area contributed by atoms with Crippen molar-refractivity contribution in [3.05, 3.63) is 90.5 Å². The lowest BCUT2D eigenvalue weighted by molar-refractivity contribution is -0.126. The number of rotatable bonds is 4. The molecule has 0 aliphatic carbocycles. The highest BCUT2D eigenvalue weighted by atomic mass is 16.7. The summed E-state index contributed by atoms with van der Waals surface area (Å²) in [5.74, 6) is -0.592. The number of carbonyl (C=O) groups is 2. The average molecular weight is 400 g/mol. The van der Waals surface area contributed by atoms with Crippen molar-refractivity contribution < 1.29 is 19.2 Å². The van der Waals surface area contributed by atoms with Gasteiger partial charge in [-0.3, -0.25) is 14.4 Å². The van der Waals surface area contributed by atoms with Gasteiger partial charge in [0, 0.05) is 0 Å². The van der Waals surface area contributed by atoms with Crippen molar-refractivity contribution in [1.29, 1.82) is 0 Å². The maximum Gasteiger partial charge on any atom is 0.266 e. The first-order chi connectivity index (χ1) is 14.7. The third-order valence-corrected chi connectivity index (χ3v) is 5.60. The minimum Gasteiger partial charge on any atom is -0.497 e. The summed E-state index contributed by atoms with van der Waals surface area (Å²) in [5.41, 5.74) is 2.24. The van der Waals surface area contributed by atoms with E-state index in [1.54, 1.807) is 36.4 Å². The largest absolute Gasteiger partial charge is 0.497 e. The molecule has 2 aliphatic rings. The predicted octanol–water partition coefficient (Wildman–Crippen LogP) is 3.75. The fourth-order valence-corrected chi connectivity index (χ4v) is 4.19. The number of hydrogen-bond donors (Lipinski definition) is 0. The zero-order chi connectivity index (χ0) is 20.7. The van der Waals surface area contributed by atoms with Crippen LogP contribution in [0.4, 0.5) is 11.4 Å². The molecule has 5 rings (SSSR count). The number of hydrogen-bond acceptors (Lipinski definition) is 5. The van der Waals surface area contributed by atoms with Gasteiger partial charge in [0.1, 0.15) is 11.7 Å². The summed E-state index contributed by atoms with van der Waals surface area (Å²) in [5, 5.41) is 1.70. The van der Waals surface area contributed by atoms with E-state index >= 15 is 0 Å². The molecule has 6 heteroatoms. The summed E-state index contributed by atoms with van der Waals surface area (Å²) in [6.45, 7) is 0. The molecule has 2 saturated heterocycles. The number of anilines is 2. The van der Waals surface area contributed by atoms with Gasteiger partial charge in [0.05, 0.1) is 24.5 Å². The van der Waals surface area contributed by atoms with Gasteiger partial charge in [0.25, 0.3) is 5.91 Å². The van der Waals surface area contributed by atoms with E-state index < -0.39 is 18.1 Å². The van der Waals surface area contributed by atoms with Crippen molar-refractivity contribution in [2.45, 2.75) is 12.1 Å². The van der Waals surface area contributed by atoms with Crippen LogP contribution < -0.4 is 14.7 Å². The Labute approximate surface area is 174 Å². The van der Waals surface area contributed by atoms with Gasteiger partial charge in [0.2, 0.25) is 5.91 Å². The first kappa shape index (κ1) is 18.4. The van der Waals surface area contributed by atoms with Crippen molar-refractivity contribution >= 4 is 23.2 Å². The Balaban J connectivity index is 1.55. The molecule has 0 spiro atoms. The number of carbonyl (C=O) groups excluding carboxylic acids is 2.